The molecule has 86 valence electrons. The van der Waals surface area contributed by atoms with E-state index < -0.39 is 11.9 Å². The van der Waals surface area contributed by atoms with Crippen molar-refractivity contribution < 1.29 is 14.7 Å². The van der Waals surface area contributed by atoms with Gasteiger partial charge in [0.15, 0.2) is 0 Å². The number of urea groups is 1. The van der Waals surface area contributed by atoms with Gasteiger partial charge in [0.1, 0.15) is 0 Å². The van der Waals surface area contributed by atoms with E-state index in [-0.39, 0.29) is 6.03 Å². The standard InChI is InChI=1S/C10H18N2O3/c1-3-11(2)10(15)12-6-4-5-8(7-12)9(13)14/h8H,3-7H2,1-2H3,(H,13,14)/t8-/m1/s1. The zero-order chi connectivity index (χ0) is 11.4. The Balaban J connectivity index is 2.56. The first-order chi connectivity index (χ1) is 7.06. The van der Waals surface area contributed by atoms with Crippen molar-refractivity contribution in [3.8, 4) is 0 Å². The third-order valence-corrected chi connectivity index (χ3v) is 2.84. The molecular weight excluding hydrogens is 196 g/mol. The molecule has 0 unspecified atom stereocenters. The molecule has 0 bridgehead atoms. The zero-order valence-electron chi connectivity index (χ0n) is 9.27. The van der Waals surface area contributed by atoms with E-state index in [1.54, 1.807) is 16.8 Å². The van der Waals surface area contributed by atoms with Crippen LogP contribution in [0.25, 0.3) is 0 Å². The van der Waals surface area contributed by atoms with Gasteiger partial charge in [-0.15, -0.1) is 0 Å². The lowest BCUT2D eigenvalue weighted by Crippen LogP contribution is -2.47. The maximum Gasteiger partial charge on any atom is 0.319 e. The predicted octanol–water partition coefficient (Wildman–Crippen LogP) is 0.855. The number of amides is 2. The molecular formula is C10H18N2O3. The highest BCUT2D eigenvalue weighted by atomic mass is 16.4. The molecule has 0 aromatic carbocycles. The normalized spacial score (nSPS) is 21.2. The predicted molar refractivity (Wildman–Crippen MR) is 55.6 cm³/mol. The van der Waals surface area contributed by atoms with Crippen LogP contribution in [0.5, 0.6) is 0 Å². The van der Waals surface area contributed by atoms with Crippen LogP contribution < -0.4 is 0 Å². The lowest BCUT2D eigenvalue weighted by molar-refractivity contribution is -0.143. The highest BCUT2D eigenvalue weighted by molar-refractivity contribution is 5.76. The van der Waals surface area contributed by atoms with E-state index in [0.717, 1.165) is 6.42 Å². The Bertz CT molecular complexity index is 255. The first-order valence-corrected chi connectivity index (χ1v) is 5.29. The lowest BCUT2D eigenvalue weighted by atomic mass is 9.99. The molecule has 5 nitrogen and oxygen atoms in total. The van der Waals surface area contributed by atoms with Gasteiger partial charge in [0.2, 0.25) is 0 Å². The van der Waals surface area contributed by atoms with Crippen molar-refractivity contribution in [3.05, 3.63) is 0 Å². The Morgan fingerprint density at radius 1 is 1.53 bits per heavy atom. The Labute approximate surface area is 89.7 Å². The number of nitrogens with zero attached hydrogens (tertiary/aromatic N) is 2. The molecule has 1 aliphatic rings. The third-order valence-electron chi connectivity index (χ3n) is 2.84. The monoisotopic (exact) mass is 214 g/mol. The third kappa shape index (κ3) is 2.84. The van der Waals surface area contributed by atoms with E-state index in [1.165, 1.54) is 0 Å². The minimum absolute atomic E-state index is 0.0662. The Morgan fingerprint density at radius 2 is 2.20 bits per heavy atom. The summed E-state index contributed by atoms with van der Waals surface area (Å²) in [7, 11) is 1.73. The van der Waals surface area contributed by atoms with E-state index in [2.05, 4.69) is 0 Å². The molecule has 0 spiro atoms. The molecule has 0 aromatic heterocycles. The molecule has 1 saturated heterocycles. The fourth-order valence-corrected chi connectivity index (χ4v) is 1.73. The van der Waals surface area contributed by atoms with Gasteiger partial charge in [-0.1, -0.05) is 0 Å². The van der Waals surface area contributed by atoms with Gasteiger partial charge in [-0.3, -0.25) is 4.79 Å². The Hall–Kier alpha value is -1.26. The van der Waals surface area contributed by atoms with Gasteiger partial charge in [-0.05, 0) is 19.8 Å². The number of hydrogen-bond acceptors (Lipinski definition) is 2. The summed E-state index contributed by atoms with van der Waals surface area (Å²) in [6.45, 7) is 3.56. The number of carbonyl (C=O) groups excluding carboxylic acids is 1. The van der Waals surface area contributed by atoms with Crippen LogP contribution in [-0.2, 0) is 4.79 Å². The zero-order valence-corrected chi connectivity index (χ0v) is 9.27. The van der Waals surface area contributed by atoms with Gasteiger partial charge in [-0.2, -0.15) is 0 Å². The fourth-order valence-electron chi connectivity index (χ4n) is 1.73. The molecule has 0 aliphatic carbocycles. The second kappa shape index (κ2) is 5.00. The molecule has 15 heavy (non-hydrogen) atoms. The molecule has 5 heteroatoms. The van der Waals surface area contributed by atoms with Crippen LogP contribution in [0.2, 0.25) is 0 Å². The molecule has 1 atom stereocenters. The van der Waals surface area contributed by atoms with Crippen molar-refractivity contribution >= 4 is 12.0 Å². The maximum atomic E-state index is 11.8. The number of aliphatic carboxylic acids is 1. The van der Waals surface area contributed by atoms with Crippen molar-refractivity contribution in [2.45, 2.75) is 19.8 Å². The number of hydrogen-bond donors (Lipinski definition) is 1. The van der Waals surface area contributed by atoms with E-state index in [4.69, 9.17) is 5.11 Å². The number of carboxylic acid groups (broad SMARTS) is 1. The van der Waals surface area contributed by atoms with Crippen LogP contribution >= 0.6 is 0 Å². The van der Waals surface area contributed by atoms with E-state index in [9.17, 15) is 9.59 Å². The summed E-state index contributed by atoms with van der Waals surface area (Å²) in [6.07, 6.45) is 1.45. The van der Waals surface area contributed by atoms with Gasteiger partial charge >= 0.3 is 12.0 Å². The number of carboxylic acids is 1. The first kappa shape index (κ1) is 11.8. The van der Waals surface area contributed by atoms with Crippen LogP contribution in [0.4, 0.5) is 4.79 Å². The van der Waals surface area contributed by atoms with Crippen molar-refractivity contribution in [2.75, 3.05) is 26.7 Å². The summed E-state index contributed by atoms with van der Waals surface area (Å²) in [6, 6.07) is -0.0662. The minimum atomic E-state index is -0.799. The van der Waals surface area contributed by atoms with Crippen LogP contribution in [-0.4, -0.2) is 53.6 Å². The van der Waals surface area contributed by atoms with Gasteiger partial charge in [0.05, 0.1) is 5.92 Å². The van der Waals surface area contributed by atoms with Gasteiger partial charge in [0, 0.05) is 26.7 Å². The van der Waals surface area contributed by atoms with Crippen molar-refractivity contribution in [3.63, 3.8) is 0 Å². The summed E-state index contributed by atoms with van der Waals surface area (Å²) in [4.78, 5) is 25.8. The summed E-state index contributed by atoms with van der Waals surface area (Å²) >= 11 is 0. The van der Waals surface area contributed by atoms with Crippen molar-refractivity contribution in [2.24, 2.45) is 5.92 Å². The van der Waals surface area contributed by atoms with E-state index in [0.29, 0.717) is 26.1 Å². The molecule has 1 rings (SSSR count). The highest BCUT2D eigenvalue weighted by Crippen LogP contribution is 2.17. The van der Waals surface area contributed by atoms with Gasteiger partial charge < -0.3 is 14.9 Å². The van der Waals surface area contributed by atoms with Crippen LogP contribution in [0.3, 0.4) is 0 Å². The molecule has 0 aromatic rings. The van der Waals surface area contributed by atoms with Crippen molar-refractivity contribution in [1.29, 1.82) is 0 Å². The van der Waals surface area contributed by atoms with Crippen LogP contribution in [0, 0.1) is 5.92 Å². The topological polar surface area (TPSA) is 60.9 Å². The van der Waals surface area contributed by atoms with Gasteiger partial charge in [0.25, 0.3) is 0 Å². The maximum absolute atomic E-state index is 11.8. The second-order valence-corrected chi connectivity index (χ2v) is 3.92. The second-order valence-electron chi connectivity index (χ2n) is 3.92. The summed E-state index contributed by atoms with van der Waals surface area (Å²) in [5.41, 5.74) is 0. The summed E-state index contributed by atoms with van der Waals surface area (Å²) < 4.78 is 0. The Morgan fingerprint density at radius 3 is 2.73 bits per heavy atom. The van der Waals surface area contributed by atoms with Crippen LogP contribution in [0.15, 0.2) is 0 Å². The number of rotatable bonds is 2. The number of carbonyl (C=O) groups is 2. The molecule has 2 amide bonds. The minimum Gasteiger partial charge on any atom is -0.481 e. The molecule has 1 aliphatic heterocycles. The smallest absolute Gasteiger partial charge is 0.319 e. The van der Waals surface area contributed by atoms with E-state index in [1.807, 2.05) is 6.92 Å². The Kier molecular flexibility index (Phi) is 3.94. The van der Waals surface area contributed by atoms with E-state index >= 15 is 0 Å². The average Bonchev–Trinajstić information content (AvgIpc) is 2.27. The molecule has 1 heterocycles. The quantitative estimate of drug-likeness (QED) is 0.741. The molecule has 0 saturated carbocycles. The molecule has 0 radical (unpaired) electrons. The fraction of sp³-hybridized carbons (Fsp3) is 0.800. The number of piperidine rings is 1. The molecule has 1 fully saturated rings. The van der Waals surface area contributed by atoms with Crippen LogP contribution in [0.1, 0.15) is 19.8 Å². The van der Waals surface area contributed by atoms with Crippen molar-refractivity contribution in [1.82, 2.24) is 9.80 Å². The summed E-state index contributed by atoms with van der Waals surface area (Å²) in [5, 5.41) is 8.88. The number of likely N-dealkylation sites (tertiary alicyclic amines) is 1. The lowest BCUT2D eigenvalue weighted by Gasteiger charge is -2.33. The average molecular weight is 214 g/mol. The summed E-state index contributed by atoms with van der Waals surface area (Å²) in [5.74, 6) is -1.19. The molecule has 1 N–H and O–H groups in total. The van der Waals surface area contributed by atoms with Gasteiger partial charge in [-0.25, -0.2) is 4.79 Å². The SMILES string of the molecule is CCN(C)C(=O)N1CCC[C@@H](C(=O)O)C1. The first-order valence-electron chi connectivity index (χ1n) is 5.29. The highest BCUT2D eigenvalue weighted by Gasteiger charge is 2.28. The largest absolute Gasteiger partial charge is 0.481 e.